The highest BCUT2D eigenvalue weighted by atomic mass is 35.5. The number of rotatable bonds is 6. The molecule has 0 spiro atoms. The van der Waals surface area contributed by atoms with E-state index < -0.39 is 4.92 Å². The summed E-state index contributed by atoms with van der Waals surface area (Å²) in [7, 11) is 0. The van der Waals surface area contributed by atoms with Crippen molar-refractivity contribution in [2.24, 2.45) is 0 Å². The molecule has 0 fully saturated rings. The summed E-state index contributed by atoms with van der Waals surface area (Å²) in [6.45, 7) is 0.190. The molecule has 3 aromatic heterocycles. The Balaban J connectivity index is 1.47. The monoisotopic (exact) mass is 456 g/mol. The van der Waals surface area contributed by atoms with Crippen LogP contribution in [0.1, 0.15) is 15.4 Å². The molecule has 31 heavy (non-hydrogen) atoms. The first-order valence-corrected chi connectivity index (χ1v) is 10.0. The van der Waals surface area contributed by atoms with Crippen LogP contribution in [0.15, 0.2) is 65.7 Å². The van der Waals surface area contributed by atoms with Gasteiger partial charge in [-0.15, -0.1) is 16.4 Å². The average molecular weight is 457 g/mol. The molecule has 1 N–H and O–H groups in total. The number of benzene rings is 1. The molecular weight excluding hydrogens is 444 g/mol. The molecule has 4 aromatic rings. The Labute approximate surface area is 183 Å². The number of pyridine rings is 1. The quantitative estimate of drug-likeness (QED) is 0.351. The summed E-state index contributed by atoms with van der Waals surface area (Å²) in [6, 6.07) is 12.3. The number of carbonyl (C=O) groups is 1. The van der Waals surface area contributed by atoms with Gasteiger partial charge in [-0.25, -0.2) is 4.68 Å². The molecular formula is C19H13ClN6O4S. The molecule has 0 bridgehead atoms. The summed E-state index contributed by atoms with van der Waals surface area (Å²) in [6.07, 6.45) is 2.84. The highest BCUT2D eigenvalue weighted by Gasteiger charge is 2.11. The number of hydrogen-bond acceptors (Lipinski definition) is 7. The van der Waals surface area contributed by atoms with Crippen molar-refractivity contribution in [3.05, 3.63) is 96.3 Å². The van der Waals surface area contributed by atoms with E-state index in [1.165, 1.54) is 26.8 Å². The fraction of sp³-hybridized carbons (Fsp3) is 0.0526. The molecule has 12 heteroatoms. The third kappa shape index (κ3) is 4.52. The zero-order valence-corrected chi connectivity index (χ0v) is 17.2. The van der Waals surface area contributed by atoms with Crippen LogP contribution in [0, 0.1) is 10.1 Å². The average Bonchev–Trinajstić information content (AvgIpc) is 3.41. The van der Waals surface area contributed by atoms with Gasteiger partial charge in [0.2, 0.25) is 0 Å². The molecule has 0 atom stereocenters. The van der Waals surface area contributed by atoms with Crippen molar-refractivity contribution in [2.75, 3.05) is 0 Å². The van der Waals surface area contributed by atoms with E-state index in [0.717, 1.165) is 12.1 Å². The van der Waals surface area contributed by atoms with E-state index in [9.17, 15) is 19.7 Å². The first kappa shape index (κ1) is 20.4. The fourth-order valence-corrected chi connectivity index (χ4v) is 3.71. The fourth-order valence-electron chi connectivity index (χ4n) is 2.75. The molecule has 3 heterocycles. The van der Waals surface area contributed by atoms with Crippen molar-refractivity contribution < 1.29 is 9.72 Å². The Morgan fingerprint density at radius 2 is 1.84 bits per heavy atom. The van der Waals surface area contributed by atoms with Gasteiger partial charge < -0.3 is 5.32 Å². The summed E-state index contributed by atoms with van der Waals surface area (Å²) in [4.78, 5) is 35.0. The summed E-state index contributed by atoms with van der Waals surface area (Å²) < 4.78 is 3.25. The van der Waals surface area contributed by atoms with E-state index in [1.807, 2.05) is 0 Å². The molecule has 1 amide bonds. The molecule has 4 rings (SSSR count). The van der Waals surface area contributed by atoms with Crippen LogP contribution in [0.3, 0.4) is 0 Å². The Morgan fingerprint density at radius 3 is 2.52 bits per heavy atom. The van der Waals surface area contributed by atoms with Crippen LogP contribution in [-0.4, -0.2) is 30.4 Å². The van der Waals surface area contributed by atoms with Gasteiger partial charge >= 0.3 is 0 Å². The second kappa shape index (κ2) is 8.50. The van der Waals surface area contributed by atoms with E-state index in [4.69, 9.17) is 11.6 Å². The Morgan fingerprint density at radius 1 is 1.10 bits per heavy atom. The van der Waals surface area contributed by atoms with Crippen LogP contribution < -0.4 is 10.9 Å². The first-order chi connectivity index (χ1) is 14.9. The normalized spacial score (nSPS) is 10.7. The van der Waals surface area contributed by atoms with Gasteiger partial charge in [-0.1, -0.05) is 16.8 Å². The number of nitro groups is 1. The number of aromatic nitrogens is 4. The zero-order chi connectivity index (χ0) is 22.0. The van der Waals surface area contributed by atoms with Crippen LogP contribution in [0.4, 0.5) is 5.69 Å². The second-order valence-electron chi connectivity index (χ2n) is 6.31. The van der Waals surface area contributed by atoms with E-state index in [-0.39, 0.29) is 23.7 Å². The van der Waals surface area contributed by atoms with Crippen molar-refractivity contribution in [2.45, 2.75) is 6.54 Å². The SMILES string of the molecule is O=C(NCc1cn(-c2ccc(-n3cc([N+](=O)[O-])ccc3=O)cc2)nn1)c1ccc(Cl)s1. The lowest BCUT2D eigenvalue weighted by Crippen LogP contribution is -2.21. The Hall–Kier alpha value is -3.83. The number of amides is 1. The lowest BCUT2D eigenvalue weighted by atomic mass is 10.2. The molecule has 0 saturated heterocycles. The zero-order valence-electron chi connectivity index (χ0n) is 15.6. The van der Waals surface area contributed by atoms with Gasteiger partial charge in [-0.2, -0.15) is 0 Å². The molecule has 0 aliphatic carbocycles. The van der Waals surface area contributed by atoms with Crippen molar-refractivity contribution >= 4 is 34.5 Å². The van der Waals surface area contributed by atoms with Crippen LogP contribution in [-0.2, 0) is 6.54 Å². The molecule has 0 radical (unpaired) electrons. The standard InChI is InChI=1S/C19H13ClN6O4S/c20-17-7-6-16(31-17)19(28)21-9-12-10-25(23-22-12)14-3-1-13(2-4-14)24-11-15(26(29)30)5-8-18(24)27/h1-8,10-11H,9H2,(H,21,28). The minimum absolute atomic E-state index is 0.184. The molecule has 10 nitrogen and oxygen atoms in total. The lowest BCUT2D eigenvalue weighted by molar-refractivity contribution is -0.385. The number of thiophene rings is 1. The van der Waals surface area contributed by atoms with Crippen molar-refractivity contribution in [3.63, 3.8) is 0 Å². The Kier molecular flexibility index (Phi) is 5.60. The van der Waals surface area contributed by atoms with E-state index in [2.05, 4.69) is 15.6 Å². The molecule has 1 aromatic carbocycles. The van der Waals surface area contributed by atoms with E-state index in [0.29, 0.717) is 26.3 Å². The van der Waals surface area contributed by atoms with Crippen LogP contribution in [0.2, 0.25) is 4.34 Å². The second-order valence-corrected chi connectivity index (χ2v) is 8.03. The van der Waals surface area contributed by atoms with Gasteiger partial charge in [0.25, 0.3) is 17.2 Å². The van der Waals surface area contributed by atoms with Gasteiger partial charge in [-0.3, -0.25) is 24.3 Å². The summed E-state index contributed by atoms with van der Waals surface area (Å²) in [5.74, 6) is -0.252. The maximum Gasteiger partial charge on any atom is 0.286 e. The van der Waals surface area contributed by atoms with Gasteiger partial charge in [0.05, 0.1) is 38.8 Å². The number of carbonyl (C=O) groups excluding carboxylic acids is 1. The molecule has 0 aliphatic rings. The molecule has 0 aliphatic heterocycles. The van der Waals surface area contributed by atoms with Gasteiger partial charge in [-0.05, 0) is 36.4 Å². The predicted molar refractivity (Wildman–Crippen MR) is 114 cm³/mol. The minimum Gasteiger partial charge on any atom is -0.346 e. The van der Waals surface area contributed by atoms with E-state index >= 15 is 0 Å². The van der Waals surface area contributed by atoms with Crippen molar-refractivity contribution in [1.82, 2.24) is 24.9 Å². The predicted octanol–water partition coefficient (Wildman–Crippen LogP) is 2.97. The smallest absolute Gasteiger partial charge is 0.286 e. The van der Waals surface area contributed by atoms with Crippen LogP contribution in [0.25, 0.3) is 11.4 Å². The minimum atomic E-state index is -0.562. The third-order valence-electron chi connectivity index (χ3n) is 4.27. The lowest BCUT2D eigenvalue weighted by Gasteiger charge is -2.06. The largest absolute Gasteiger partial charge is 0.346 e. The van der Waals surface area contributed by atoms with Crippen LogP contribution >= 0.6 is 22.9 Å². The van der Waals surface area contributed by atoms with Crippen molar-refractivity contribution in [1.29, 1.82) is 0 Å². The summed E-state index contributed by atoms with van der Waals surface area (Å²) >= 11 is 7.02. The molecule has 0 unspecified atom stereocenters. The highest BCUT2D eigenvalue weighted by Crippen LogP contribution is 2.21. The maximum atomic E-state index is 12.1. The number of nitrogens with zero attached hydrogens (tertiary/aromatic N) is 5. The third-order valence-corrected chi connectivity index (χ3v) is 5.50. The number of hydrogen-bond donors (Lipinski definition) is 1. The van der Waals surface area contributed by atoms with E-state index in [1.54, 1.807) is 42.6 Å². The first-order valence-electron chi connectivity index (χ1n) is 8.83. The Bertz CT molecular complexity index is 1330. The number of halogens is 1. The topological polar surface area (TPSA) is 125 Å². The number of nitrogens with one attached hydrogen (secondary N) is 1. The summed E-state index contributed by atoms with van der Waals surface area (Å²) in [5.41, 5.74) is 1.12. The van der Waals surface area contributed by atoms with Crippen LogP contribution in [0.5, 0.6) is 0 Å². The molecule has 0 saturated carbocycles. The van der Waals surface area contributed by atoms with Gasteiger partial charge in [0.1, 0.15) is 5.69 Å². The van der Waals surface area contributed by atoms with Gasteiger partial charge in [0.15, 0.2) is 0 Å². The molecule has 156 valence electrons. The summed E-state index contributed by atoms with van der Waals surface area (Å²) in [5, 5.41) is 21.8. The van der Waals surface area contributed by atoms with Gasteiger partial charge in [0, 0.05) is 17.8 Å². The maximum absolute atomic E-state index is 12.1. The van der Waals surface area contributed by atoms with Crippen molar-refractivity contribution in [3.8, 4) is 11.4 Å². The highest BCUT2D eigenvalue weighted by molar-refractivity contribution is 7.17.